The molecule has 1 saturated heterocycles. The quantitative estimate of drug-likeness (QED) is 0.223. The average Bonchev–Trinajstić information content (AvgIpc) is 3.38. The van der Waals surface area contributed by atoms with E-state index in [4.69, 9.17) is 26.8 Å². The van der Waals surface area contributed by atoms with Crippen LogP contribution in [0.3, 0.4) is 0 Å². The van der Waals surface area contributed by atoms with Crippen LogP contribution in [0.25, 0.3) is 23.0 Å². The first-order chi connectivity index (χ1) is 16.5. The van der Waals surface area contributed by atoms with E-state index in [1.165, 1.54) is 11.8 Å². The van der Waals surface area contributed by atoms with Crippen molar-refractivity contribution in [2.75, 3.05) is 26.9 Å². The second-order valence-electron chi connectivity index (χ2n) is 7.78. The summed E-state index contributed by atoms with van der Waals surface area (Å²) in [5, 5.41) is 4.87. The molecule has 176 valence electrons. The van der Waals surface area contributed by atoms with Crippen LogP contribution >= 0.6 is 24.0 Å². The molecule has 1 aliphatic rings. The van der Waals surface area contributed by atoms with Crippen LogP contribution in [0.2, 0.25) is 0 Å². The van der Waals surface area contributed by atoms with Crippen molar-refractivity contribution in [2.45, 2.75) is 20.3 Å². The molecule has 0 atom stereocenters. The normalized spacial score (nSPS) is 14.9. The molecule has 1 fully saturated rings. The zero-order valence-corrected chi connectivity index (χ0v) is 21.1. The number of aryl methyl sites for hydroxylation is 1. The number of hydrogen-bond acceptors (Lipinski definition) is 6. The van der Waals surface area contributed by atoms with E-state index in [-0.39, 0.29) is 5.91 Å². The summed E-state index contributed by atoms with van der Waals surface area (Å²) in [5.41, 5.74) is 4.55. The number of aromatic nitrogens is 2. The minimum Gasteiger partial charge on any atom is -0.496 e. The molecular formula is C26H27N3O3S2. The van der Waals surface area contributed by atoms with Crippen molar-refractivity contribution in [1.82, 2.24) is 14.7 Å². The highest BCUT2D eigenvalue weighted by Gasteiger charge is 2.32. The number of benzene rings is 2. The molecule has 3 aromatic rings. The van der Waals surface area contributed by atoms with Crippen molar-refractivity contribution < 1.29 is 14.3 Å². The largest absolute Gasteiger partial charge is 0.496 e. The third-order valence-electron chi connectivity index (χ3n) is 5.47. The maximum atomic E-state index is 13.1. The molecule has 0 saturated carbocycles. The Labute approximate surface area is 209 Å². The molecule has 0 unspecified atom stereocenters. The van der Waals surface area contributed by atoms with Crippen molar-refractivity contribution in [2.24, 2.45) is 0 Å². The molecule has 2 aromatic carbocycles. The molecule has 1 aromatic heterocycles. The molecule has 1 aliphatic heterocycles. The molecule has 2 heterocycles. The Morgan fingerprint density at radius 2 is 1.97 bits per heavy atom. The van der Waals surface area contributed by atoms with Gasteiger partial charge in [0, 0.05) is 37.1 Å². The summed E-state index contributed by atoms with van der Waals surface area (Å²) in [6.07, 6.45) is 4.59. The van der Waals surface area contributed by atoms with Gasteiger partial charge in [-0.25, -0.2) is 4.68 Å². The SMILES string of the molecule is CCOCCCN1C(=O)/C(=C\c2cn(-c3ccccc3)nc2-c2ccc(OC)c(C)c2)SC1=S. The number of para-hydroxylation sites is 1. The van der Waals surface area contributed by atoms with E-state index in [9.17, 15) is 4.79 Å². The summed E-state index contributed by atoms with van der Waals surface area (Å²) in [7, 11) is 1.66. The van der Waals surface area contributed by atoms with Crippen molar-refractivity contribution in [3.8, 4) is 22.7 Å². The van der Waals surface area contributed by atoms with Crippen LogP contribution in [-0.4, -0.2) is 51.8 Å². The van der Waals surface area contributed by atoms with E-state index in [1.54, 1.807) is 12.0 Å². The molecule has 8 heteroatoms. The molecule has 34 heavy (non-hydrogen) atoms. The zero-order chi connectivity index (χ0) is 24.1. The Hall–Kier alpha value is -2.94. The van der Waals surface area contributed by atoms with Crippen LogP contribution in [0.15, 0.2) is 59.6 Å². The van der Waals surface area contributed by atoms with Gasteiger partial charge >= 0.3 is 0 Å². The predicted octanol–water partition coefficient (Wildman–Crippen LogP) is 5.48. The van der Waals surface area contributed by atoms with Crippen LogP contribution in [-0.2, 0) is 9.53 Å². The van der Waals surface area contributed by atoms with Gasteiger partial charge in [-0.3, -0.25) is 9.69 Å². The lowest BCUT2D eigenvalue weighted by Crippen LogP contribution is -2.29. The van der Waals surface area contributed by atoms with Gasteiger partial charge in [-0.1, -0.05) is 42.2 Å². The van der Waals surface area contributed by atoms with Crippen LogP contribution in [0.4, 0.5) is 0 Å². The Morgan fingerprint density at radius 1 is 1.18 bits per heavy atom. The first-order valence-electron chi connectivity index (χ1n) is 11.1. The van der Waals surface area contributed by atoms with E-state index >= 15 is 0 Å². The van der Waals surface area contributed by atoms with E-state index < -0.39 is 0 Å². The fraction of sp³-hybridized carbons (Fsp3) is 0.269. The van der Waals surface area contributed by atoms with Crippen molar-refractivity contribution in [3.63, 3.8) is 0 Å². The maximum absolute atomic E-state index is 13.1. The first kappa shape index (κ1) is 24.2. The third-order valence-corrected chi connectivity index (χ3v) is 6.84. The lowest BCUT2D eigenvalue weighted by atomic mass is 10.0. The highest BCUT2D eigenvalue weighted by Crippen LogP contribution is 2.35. The van der Waals surface area contributed by atoms with Gasteiger partial charge in [0.2, 0.25) is 0 Å². The summed E-state index contributed by atoms with van der Waals surface area (Å²) in [4.78, 5) is 15.4. The van der Waals surface area contributed by atoms with Gasteiger partial charge in [0.25, 0.3) is 5.91 Å². The Balaban J connectivity index is 1.70. The number of methoxy groups -OCH3 is 1. The number of carbonyl (C=O) groups excluding carboxylic acids is 1. The molecule has 4 rings (SSSR count). The summed E-state index contributed by atoms with van der Waals surface area (Å²) >= 11 is 6.82. The standard InChI is InChI=1S/C26H27N3O3S2/c1-4-32-14-8-13-28-25(30)23(34-26(28)33)16-20-17-29(21-9-6-5-7-10-21)27-24(20)19-11-12-22(31-3)18(2)15-19/h5-7,9-12,15-17H,4,8,13-14H2,1-3H3/b23-16+. The number of carbonyl (C=O) groups is 1. The van der Waals surface area contributed by atoms with Crippen molar-refractivity contribution in [3.05, 3.63) is 70.8 Å². The van der Waals surface area contributed by atoms with Gasteiger partial charge in [-0.15, -0.1) is 0 Å². The van der Waals surface area contributed by atoms with E-state index in [0.29, 0.717) is 29.0 Å². The molecule has 0 radical (unpaired) electrons. The number of amides is 1. The fourth-order valence-corrected chi connectivity index (χ4v) is 5.06. The second-order valence-corrected chi connectivity index (χ2v) is 9.46. The summed E-state index contributed by atoms with van der Waals surface area (Å²) in [6, 6.07) is 15.9. The number of ether oxygens (including phenoxy) is 2. The summed E-state index contributed by atoms with van der Waals surface area (Å²) < 4.78 is 13.2. The predicted molar refractivity (Wildman–Crippen MR) is 141 cm³/mol. The molecule has 0 spiro atoms. The first-order valence-corrected chi connectivity index (χ1v) is 12.4. The molecular weight excluding hydrogens is 466 g/mol. The molecule has 0 aliphatic carbocycles. The number of thioether (sulfide) groups is 1. The summed E-state index contributed by atoms with van der Waals surface area (Å²) in [5.74, 6) is 0.747. The van der Waals surface area contributed by atoms with Crippen molar-refractivity contribution >= 4 is 40.3 Å². The Kier molecular flexibility index (Phi) is 7.82. The Bertz CT molecular complexity index is 1220. The van der Waals surface area contributed by atoms with Crippen molar-refractivity contribution in [1.29, 1.82) is 0 Å². The highest BCUT2D eigenvalue weighted by atomic mass is 32.2. The van der Waals surface area contributed by atoms with E-state index in [2.05, 4.69) is 0 Å². The number of rotatable bonds is 9. The molecule has 0 bridgehead atoms. The molecule has 6 nitrogen and oxygen atoms in total. The number of thiocarbonyl (C=S) groups is 1. The lowest BCUT2D eigenvalue weighted by molar-refractivity contribution is -0.122. The van der Waals surface area contributed by atoms with Gasteiger partial charge < -0.3 is 9.47 Å². The average molecular weight is 494 g/mol. The van der Waals surface area contributed by atoms with Crippen LogP contribution in [0.5, 0.6) is 5.75 Å². The zero-order valence-electron chi connectivity index (χ0n) is 19.5. The topological polar surface area (TPSA) is 56.6 Å². The maximum Gasteiger partial charge on any atom is 0.266 e. The second kappa shape index (κ2) is 11.0. The fourth-order valence-electron chi connectivity index (χ4n) is 3.76. The Morgan fingerprint density at radius 3 is 2.68 bits per heavy atom. The van der Waals surface area contributed by atoms with E-state index in [1.807, 2.05) is 79.3 Å². The number of nitrogens with zero attached hydrogens (tertiary/aromatic N) is 3. The smallest absolute Gasteiger partial charge is 0.266 e. The van der Waals surface area contributed by atoms with Crippen LogP contribution in [0, 0.1) is 6.92 Å². The van der Waals surface area contributed by atoms with Crippen LogP contribution < -0.4 is 4.74 Å². The monoisotopic (exact) mass is 493 g/mol. The van der Waals surface area contributed by atoms with Gasteiger partial charge in [-0.05, 0) is 62.2 Å². The third kappa shape index (κ3) is 5.24. The van der Waals surface area contributed by atoms with Crippen LogP contribution in [0.1, 0.15) is 24.5 Å². The lowest BCUT2D eigenvalue weighted by Gasteiger charge is -2.13. The molecule has 1 amide bonds. The summed E-state index contributed by atoms with van der Waals surface area (Å²) in [6.45, 7) is 5.79. The minimum absolute atomic E-state index is 0.0733. The van der Waals surface area contributed by atoms with Gasteiger partial charge in [-0.2, -0.15) is 5.10 Å². The van der Waals surface area contributed by atoms with Gasteiger partial charge in [0.05, 0.1) is 17.7 Å². The van der Waals surface area contributed by atoms with E-state index in [0.717, 1.165) is 40.2 Å². The number of hydrogen-bond donors (Lipinski definition) is 0. The van der Waals surface area contributed by atoms with Gasteiger partial charge in [0.15, 0.2) is 0 Å². The molecule has 0 N–H and O–H groups in total. The van der Waals surface area contributed by atoms with Gasteiger partial charge in [0.1, 0.15) is 15.8 Å². The highest BCUT2D eigenvalue weighted by molar-refractivity contribution is 8.26. The minimum atomic E-state index is -0.0733.